The molecule has 0 spiro atoms. The Hall–Kier alpha value is -6.98. The molecule has 4 heterocycles. The van der Waals surface area contributed by atoms with Gasteiger partial charge in [-0.05, 0) is 42.5 Å². The van der Waals surface area contributed by atoms with Gasteiger partial charge in [-0.15, -0.1) is 0 Å². The highest BCUT2D eigenvalue weighted by Crippen LogP contribution is 2.43. The third kappa shape index (κ3) is 4.09. The van der Waals surface area contributed by atoms with Crippen molar-refractivity contribution in [2.45, 2.75) is 0 Å². The van der Waals surface area contributed by atoms with Crippen LogP contribution in [-0.2, 0) is 0 Å². The third-order valence-corrected chi connectivity index (χ3v) is 10.1. The Morgan fingerprint density at radius 1 is 0.431 bits per heavy atom. The summed E-state index contributed by atoms with van der Waals surface area (Å²) in [4.78, 5) is 10.7. The Balaban J connectivity index is 1.27. The average molecular weight is 653 g/mol. The maximum Gasteiger partial charge on any atom is 0.162 e. The van der Waals surface area contributed by atoms with Gasteiger partial charge in [-0.1, -0.05) is 121 Å². The van der Waals surface area contributed by atoms with Crippen LogP contribution in [0.5, 0.6) is 0 Å². The van der Waals surface area contributed by atoms with E-state index in [1.54, 1.807) is 0 Å². The Morgan fingerprint density at radius 2 is 1.10 bits per heavy atom. The summed E-state index contributed by atoms with van der Waals surface area (Å²) in [7, 11) is 0. The van der Waals surface area contributed by atoms with Gasteiger partial charge in [0.1, 0.15) is 17.0 Å². The van der Waals surface area contributed by atoms with E-state index in [1.165, 1.54) is 32.6 Å². The summed E-state index contributed by atoms with van der Waals surface area (Å²) >= 11 is 0. The Bertz CT molecular complexity index is 3130. The molecule has 0 fully saturated rings. The molecule has 7 aromatic carbocycles. The van der Waals surface area contributed by atoms with Crippen LogP contribution in [0, 0.1) is 0 Å². The SMILES string of the molecule is c1ccc(-c2cc(-n3c4ccccc4c4c3ccc3c5ccccc5n(-c5ccccc5)c34)nc(-c3cccc4oc5ccccc5c34)n2)cc1. The molecule has 0 amide bonds. The van der Waals surface area contributed by atoms with Gasteiger partial charge in [0.15, 0.2) is 5.82 Å². The lowest BCUT2D eigenvalue weighted by atomic mass is 10.1. The molecular formula is C46H28N4O. The fourth-order valence-corrected chi connectivity index (χ4v) is 7.99. The van der Waals surface area contributed by atoms with Crippen LogP contribution in [-0.4, -0.2) is 19.1 Å². The molecule has 0 aliphatic heterocycles. The quantitative estimate of drug-likeness (QED) is 0.190. The second kappa shape index (κ2) is 10.8. The first-order valence-electron chi connectivity index (χ1n) is 17.2. The minimum atomic E-state index is 0.647. The van der Waals surface area contributed by atoms with E-state index in [9.17, 15) is 0 Å². The van der Waals surface area contributed by atoms with E-state index in [0.717, 1.165) is 61.3 Å². The first-order chi connectivity index (χ1) is 25.3. The van der Waals surface area contributed by atoms with Crippen LogP contribution >= 0.6 is 0 Å². The highest BCUT2D eigenvalue weighted by molar-refractivity contribution is 6.26. The van der Waals surface area contributed by atoms with Gasteiger partial charge in [-0.3, -0.25) is 4.57 Å². The predicted molar refractivity (Wildman–Crippen MR) is 209 cm³/mol. The topological polar surface area (TPSA) is 48.8 Å². The largest absolute Gasteiger partial charge is 0.456 e. The number of para-hydroxylation sites is 4. The van der Waals surface area contributed by atoms with E-state index < -0.39 is 0 Å². The average Bonchev–Trinajstić information content (AvgIpc) is 3.86. The van der Waals surface area contributed by atoms with E-state index in [4.69, 9.17) is 14.4 Å². The molecule has 11 aromatic rings. The number of hydrogen-bond acceptors (Lipinski definition) is 3. The molecule has 0 bridgehead atoms. The van der Waals surface area contributed by atoms with Gasteiger partial charge in [-0.25, -0.2) is 9.97 Å². The summed E-state index contributed by atoms with van der Waals surface area (Å²) in [5.74, 6) is 1.45. The fraction of sp³-hybridized carbons (Fsp3) is 0. The Kier molecular flexibility index (Phi) is 5.89. The maximum atomic E-state index is 6.30. The lowest BCUT2D eigenvalue weighted by Gasteiger charge is -2.13. The van der Waals surface area contributed by atoms with Crippen molar-refractivity contribution in [3.63, 3.8) is 0 Å². The van der Waals surface area contributed by atoms with Crippen LogP contribution < -0.4 is 0 Å². The van der Waals surface area contributed by atoms with E-state index >= 15 is 0 Å². The van der Waals surface area contributed by atoms with Gasteiger partial charge in [0.25, 0.3) is 0 Å². The minimum Gasteiger partial charge on any atom is -0.456 e. The standard InChI is InChI=1S/C46H28N4O/c1-3-14-29(15-4-1)36-28-42(48-46(47-36)35-21-13-25-41-43(35)34-20-9-12-24-40(34)51-41)50-38-23-11-8-19-33(38)44-39(50)27-26-32-31-18-7-10-22-37(31)49(45(32)44)30-16-5-2-6-17-30/h1-28H. The van der Waals surface area contributed by atoms with Crippen molar-refractivity contribution in [1.29, 1.82) is 0 Å². The van der Waals surface area contributed by atoms with Crippen molar-refractivity contribution in [3.05, 3.63) is 170 Å². The van der Waals surface area contributed by atoms with Crippen molar-refractivity contribution < 1.29 is 4.42 Å². The molecule has 0 saturated carbocycles. The molecule has 0 radical (unpaired) electrons. The molecule has 0 unspecified atom stereocenters. The van der Waals surface area contributed by atoms with Crippen LogP contribution in [0.1, 0.15) is 0 Å². The van der Waals surface area contributed by atoms with Gasteiger partial charge in [0.05, 0.1) is 27.8 Å². The second-order valence-electron chi connectivity index (χ2n) is 13.0. The van der Waals surface area contributed by atoms with E-state index in [0.29, 0.717) is 5.82 Å². The van der Waals surface area contributed by atoms with Gasteiger partial charge in [-0.2, -0.15) is 0 Å². The molecule has 4 aromatic heterocycles. The number of furan rings is 1. The molecule has 51 heavy (non-hydrogen) atoms. The predicted octanol–water partition coefficient (Wildman–Crippen LogP) is 11.9. The highest BCUT2D eigenvalue weighted by Gasteiger charge is 2.23. The zero-order chi connectivity index (χ0) is 33.5. The number of aromatic nitrogens is 4. The smallest absolute Gasteiger partial charge is 0.162 e. The zero-order valence-electron chi connectivity index (χ0n) is 27.4. The molecule has 0 atom stereocenters. The van der Waals surface area contributed by atoms with E-state index in [-0.39, 0.29) is 0 Å². The first-order valence-corrected chi connectivity index (χ1v) is 17.2. The van der Waals surface area contributed by atoms with E-state index in [1.807, 2.05) is 36.4 Å². The van der Waals surface area contributed by atoms with Gasteiger partial charge in [0, 0.05) is 55.2 Å². The van der Waals surface area contributed by atoms with Gasteiger partial charge in [0.2, 0.25) is 0 Å². The molecule has 0 saturated heterocycles. The molecule has 5 heteroatoms. The van der Waals surface area contributed by atoms with Crippen LogP contribution in [0.25, 0.3) is 99.7 Å². The summed E-state index contributed by atoms with van der Waals surface area (Å²) in [6.45, 7) is 0. The number of rotatable bonds is 4. The summed E-state index contributed by atoms with van der Waals surface area (Å²) in [6, 6.07) is 59.4. The maximum absolute atomic E-state index is 6.30. The second-order valence-corrected chi connectivity index (χ2v) is 13.0. The number of benzene rings is 7. The van der Waals surface area contributed by atoms with Crippen LogP contribution in [0.3, 0.4) is 0 Å². The summed E-state index contributed by atoms with van der Waals surface area (Å²) in [5, 5.41) is 6.87. The van der Waals surface area contributed by atoms with Gasteiger partial charge < -0.3 is 8.98 Å². The normalized spacial score (nSPS) is 11.9. The lowest BCUT2D eigenvalue weighted by Crippen LogP contribution is -2.02. The summed E-state index contributed by atoms with van der Waals surface area (Å²) in [6.07, 6.45) is 0. The number of fused-ring (bicyclic) bond motifs is 10. The van der Waals surface area contributed by atoms with Crippen molar-refractivity contribution in [3.8, 4) is 34.2 Å². The van der Waals surface area contributed by atoms with Crippen LogP contribution in [0.15, 0.2) is 174 Å². The fourth-order valence-electron chi connectivity index (χ4n) is 7.99. The molecule has 0 N–H and O–H groups in total. The lowest BCUT2D eigenvalue weighted by molar-refractivity contribution is 0.669. The van der Waals surface area contributed by atoms with Crippen molar-refractivity contribution in [1.82, 2.24) is 19.1 Å². The number of nitrogens with zero attached hydrogens (tertiary/aromatic N) is 4. The first kappa shape index (κ1) is 27.9. The van der Waals surface area contributed by atoms with Crippen LogP contribution in [0.4, 0.5) is 0 Å². The molecule has 5 nitrogen and oxygen atoms in total. The Morgan fingerprint density at radius 3 is 1.92 bits per heavy atom. The highest BCUT2D eigenvalue weighted by atomic mass is 16.3. The van der Waals surface area contributed by atoms with Crippen molar-refractivity contribution in [2.75, 3.05) is 0 Å². The monoisotopic (exact) mass is 652 g/mol. The minimum absolute atomic E-state index is 0.647. The van der Waals surface area contributed by atoms with Gasteiger partial charge >= 0.3 is 0 Å². The Labute approximate surface area is 292 Å². The van der Waals surface area contributed by atoms with Crippen LogP contribution in [0.2, 0.25) is 0 Å². The summed E-state index contributed by atoms with van der Waals surface area (Å²) < 4.78 is 11.0. The zero-order valence-corrected chi connectivity index (χ0v) is 27.4. The number of hydrogen-bond donors (Lipinski definition) is 0. The summed E-state index contributed by atoms with van der Waals surface area (Å²) in [5.41, 5.74) is 10.1. The third-order valence-electron chi connectivity index (χ3n) is 10.1. The molecule has 0 aliphatic carbocycles. The molecule has 11 rings (SSSR count). The molecular weight excluding hydrogens is 625 g/mol. The molecule has 238 valence electrons. The van der Waals surface area contributed by atoms with Crippen molar-refractivity contribution in [2.24, 2.45) is 0 Å². The molecule has 0 aliphatic rings. The van der Waals surface area contributed by atoms with E-state index in [2.05, 4.69) is 143 Å². The van der Waals surface area contributed by atoms with Crippen molar-refractivity contribution >= 4 is 65.6 Å².